The minimum atomic E-state index is -2.59. The van der Waals surface area contributed by atoms with Gasteiger partial charge in [0, 0.05) is 33.0 Å². The van der Waals surface area contributed by atoms with Crippen molar-refractivity contribution in [2.24, 2.45) is 11.7 Å². The lowest BCUT2D eigenvalue weighted by atomic mass is 9.82. The third-order valence-corrected chi connectivity index (χ3v) is 5.96. The topological polar surface area (TPSA) is 93.6 Å². The number of methoxy groups -OCH3 is 1. The van der Waals surface area contributed by atoms with Gasteiger partial charge in [0.05, 0.1) is 18.7 Å². The molecule has 158 valence electrons. The smallest absolute Gasteiger partial charge is 0.318 e. The number of carbonyl (C=O) groups excluding carboxylic acids is 1. The van der Waals surface area contributed by atoms with E-state index in [1.165, 1.54) is 0 Å². The molecule has 0 bridgehead atoms. The fourth-order valence-electron chi connectivity index (χ4n) is 4.24. The Kier molecular flexibility index (Phi) is 5.44. The van der Waals surface area contributed by atoms with E-state index in [1.807, 2.05) is 12.1 Å². The van der Waals surface area contributed by atoms with E-state index in [0.29, 0.717) is 49.5 Å². The minimum absolute atomic E-state index is 0.0725. The first-order valence-corrected chi connectivity index (χ1v) is 9.95. The van der Waals surface area contributed by atoms with E-state index in [-0.39, 0.29) is 30.8 Å². The molecule has 29 heavy (non-hydrogen) atoms. The number of carbonyl (C=O) groups is 1. The van der Waals surface area contributed by atoms with Crippen LogP contribution in [0, 0.1) is 5.92 Å². The molecule has 9 heteroatoms. The number of oxazole rings is 1. The van der Waals surface area contributed by atoms with Crippen LogP contribution >= 0.6 is 0 Å². The van der Waals surface area contributed by atoms with Gasteiger partial charge in [-0.3, -0.25) is 0 Å². The van der Waals surface area contributed by atoms with E-state index in [4.69, 9.17) is 14.9 Å². The van der Waals surface area contributed by atoms with Crippen molar-refractivity contribution in [3.05, 3.63) is 29.7 Å². The number of aromatic nitrogens is 1. The highest BCUT2D eigenvalue weighted by atomic mass is 19.3. The predicted molar refractivity (Wildman–Crippen MR) is 103 cm³/mol. The number of amides is 2. The maximum Gasteiger partial charge on any atom is 0.318 e. The number of rotatable bonds is 6. The summed E-state index contributed by atoms with van der Waals surface area (Å²) < 4.78 is 38.0. The Morgan fingerprint density at radius 1 is 1.41 bits per heavy atom. The summed E-state index contributed by atoms with van der Waals surface area (Å²) in [6.45, 7) is 1.57. The highest BCUT2D eigenvalue weighted by Gasteiger charge is 2.38. The van der Waals surface area contributed by atoms with E-state index in [1.54, 1.807) is 18.1 Å². The Morgan fingerprint density at radius 2 is 2.17 bits per heavy atom. The van der Waals surface area contributed by atoms with Gasteiger partial charge in [-0.2, -0.15) is 0 Å². The molecule has 0 radical (unpaired) electrons. The number of nitrogens with two attached hydrogens (primary N) is 1. The molecule has 2 aliphatic rings. The molecule has 7 nitrogen and oxygen atoms in total. The molecule has 2 fully saturated rings. The third kappa shape index (κ3) is 4.06. The summed E-state index contributed by atoms with van der Waals surface area (Å²) in [4.78, 5) is 18.4. The standard InChI is InChI=1S/C20H26F2N4O3/c1-28-11-15(26-9-8-24-19(26)27)13-2-3-16-14(10-13)25-18(29-16)17(23)12-4-6-20(21,22)7-5-12/h2-3,10,12,15,17H,4-9,11,23H2,1H3,(H,24,27)/t15-,17+/m1/s1. The summed E-state index contributed by atoms with van der Waals surface area (Å²) in [6.07, 6.45) is 0.426. The van der Waals surface area contributed by atoms with E-state index in [9.17, 15) is 13.6 Å². The van der Waals surface area contributed by atoms with Gasteiger partial charge in [-0.25, -0.2) is 18.6 Å². The average molecular weight is 408 g/mol. The molecule has 0 spiro atoms. The molecule has 0 unspecified atom stereocenters. The van der Waals surface area contributed by atoms with Crippen LogP contribution in [0.5, 0.6) is 0 Å². The van der Waals surface area contributed by atoms with Crippen molar-refractivity contribution in [2.45, 2.75) is 43.7 Å². The molecule has 2 atom stereocenters. The molecule has 2 aromatic rings. The first-order chi connectivity index (χ1) is 13.9. The summed E-state index contributed by atoms with van der Waals surface area (Å²) >= 11 is 0. The molecular weight excluding hydrogens is 382 g/mol. The molecule has 1 aromatic carbocycles. The first-order valence-electron chi connectivity index (χ1n) is 9.95. The number of halogens is 2. The molecule has 1 saturated heterocycles. The van der Waals surface area contributed by atoms with Crippen LogP contribution in [-0.2, 0) is 4.74 Å². The van der Waals surface area contributed by atoms with Gasteiger partial charge >= 0.3 is 6.03 Å². The van der Waals surface area contributed by atoms with Gasteiger partial charge in [0.1, 0.15) is 5.52 Å². The van der Waals surface area contributed by atoms with Crippen LogP contribution in [0.15, 0.2) is 22.6 Å². The molecule has 1 aromatic heterocycles. The number of hydrogen-bond acceptors (Lipinski definition) is 5. The van der Waals surface area contributed by atoms with Crippen molar-refractivity contribution in [1.82, 2.24) is 15.2 Å². The quantitative estimate of drug-likeness (QED) is 0.764. The van der Waals surface area contributed by atoms with Crippen LogP contribution in [0.1, 0.15) is 49.2 Å². The zero-order valence-corrected chi connectivity index (χ0v) is 16.4. The summed E-state index contributed by atoms with van der Waals surface area (Å²) in [5.74, 6) is -2.30. The number of hydrogen-bond donors (Lipinski definition) is 2. The average Bonchev–Trinajstić information content (AvgIpc) is 3.31. The second-order valence-electron chi connectivity index (χ2n) is 7.89. The fourth-order valence-corrected chi connectivity index (χ4v) is 4.24. The molecule has 2 amide bonds. The highest BCUT2D eigenvalue weighted by Crippen LogP contribution is 2.41. The Hall–Kier alpha value is -2.26. The van der Waals surface area contributed by atoms with Crippen LogP contribution in [-0.4, -0.2) is 48.6 Å². The normalized spacial score (nSPS) is 22.1. The van der Waals surface area contributed by atoms with Crippen LogP contribution in [0.3, 0.4) is 0 Å². The Labute approximate surface area is 167 Å². The molecule has 1 saturated carbocycles. The second kappa shape index (κ2) is 7.87. The summed E-state index contributed by atoms with van der Waals surface area (Å²) in [7, 11) is 1.60. The summed E-state index contributed by atoms with van der Waals surface area (Å²) in [6, 6.07) is 4.70. The van der Waals surface area contributed by atoms with Gasteiger partial charge in [-0.15, -0.1) is 0 Å². The van der Waals surface area contributed by atoms with Gasteiger partial charge in [0.25, 0.3) is 0 Å². The molecule has 1 aliphatic carbocycles. The van der Waals surface area contributed by atoms with E-state index in [0.717, 1.165) is 5.56 Å². The van der Waals surface area contributed by atoms with E-state index >= 15 is 0 Å². The predicted octanol–water partition coefficient (Wildman–Crippen LogP) is 3.37. The number of ether oxygens (including phenoxy) is 1. The largest absolute Gasteiger partial charge is 0.439 e. The van der Waals surface area contributed by atoms with Gasteiger partial charge in [-0.1, -0.05) is 6.07 Å². The van der Waals surface area contributed by atoms with Crippen molar-refractivity contribution in [3.63, 3.8) is 0 Å². The van der Waals surface area contributed by atoms with Crippen LogP contribution in [0.4, 0.5) is 13.6 Å². The maximum atomic E-state index is 13.4. The number of benzene rings is 1. The lowest BCUT2D eigenvalue weighted by Crippen LogP contribution is -2.34. The van der Waals surface area contributed by atoms with Gasteiger partial charge < -0.3 is 25.1 Å². The Morgan fingerprint density at radius 3 is 2.83 bits per heavy atom. The summed E-state index contributed by atoms with van der Waals surface area (Å²) in [5.41, 5.74) is 8.41. The SMILES string of the molecule is COC[C@H](c1ccc2oc([C@@H](N)C3CCC(F)(F)CC3)nc2c1)N1CCNC1=O. The number of nitrogens with one attached hydrogen (secondary N) is 1. The molecular formula is C20H26F2N4O3. The zero-order valence-electron chi connectivity index (χ0n) is 16.4. The van der Waals surface area contributed by atoms with E-state index in [2.05, 4.69) is 10.3 Å². The van der Waals surface area contributed by atoms with Crippen molar-refractivity contribution in [1.29, 1.82) is 0 Å². The lowest BCUT2D eigenvalue weighted by Gasteiger charge is -2.30. The van der Waals surface area contributed by atoms with Crippen molar-refractivity contribution < 1.29 is 22.7 Å². The maximum absolute atomic E-state index is 13.4. The van der Waals surface area contributed by atoms with Crippen LogP contribution in [0.25, 0.3) is 11.1 Å². The lowest BCUT2D eigenvalue weighted by molar-refractivity contribution is -0.0491. The number of nitrogens with zero attached hydrogens (tertiary/aromatic N) is 2. The molecule has 1 aliphatic heterocycles. The van der Waals surface area contributed by atoms with Gasteiger partial charge in [0.15, 0.2) is 5.58 Å². The zero-order chi connectivity index (χ0) is 20.6. The van der Waals surface area contributed by atoms with E-state index < -0.39 is 12.0 Å². The highest BCUT2D eigenvalue weighted by molar-refractivity contribution is 5.78. The van der Waals surface area contributed by atoms with Crippen molar-refractivity contribution in [2.75, 3.05) is 26.8 Å². The van der Waals surface area contributed by atoms with Gasteiger partial charge in [-0.05, 0) is 36.5 Å². The van der Waals surface area contributed by atoms with Crippen molar-refractivity contribution in [3.8, 4) is 0 Å². The number of alkyl halides is 2. The number of fused-ring (bicyclic) bond motifs is 1. The minimum Gasteiger partial charge on any atom is -0.439 e. The Balaban J connectivity index is 1.56. The monoisotopic (exact) mass is 408 g/mol. The second-order valence-corrected chi connectivity index (χ2v) is 7.89. The Bertz CT molecular complexity index is 878. The van der Waals surface area contributed by atoms with Gasteiger partial charge in [0.2, 0.25) is 11.8 Å². The molecule has 3 N–H and O–H groups in total. The van der Waals surface area contributed by atoms with Crippen molar-refractivity contribution >= 4 is 17.1 Å². The van der Waals surface area contributed by atoms with Crippen LogP contribution in [0.2, 0.25) is 0 Å². The van der Waals surface area contributed by atoms with Crippen LogP contribution < -0.4 is 11.1 Å². The first kappa shape index (κ1) is 20.0. The molecule has 4 rings (SSSR count). The fraction of sp³-hybridized carbons (Fsp3) is 0.600. The third-order valence-electron chi connectivity index (χ3n) is 5.96. The number of urea groups is 1. The molecule has 2 heterocycles. The summed E-state index contributed by atoms with van der Waals surface area (Å²) in [5, 5.41) is 2.80.